The summed E-state index contributed by atoms with van der Waals surface area (Å²) in [5.41, 5.74) is 2.03. The van der Waals surface area contributed by atoms with Crippen LogP contribution in [0.15, 0.2) is 22.7 Å². The average molecular weight is 257 g/mol. The Morgan fingerprint density at radius 2 is 1.86 bits per heavy atom. The van der Waals surface area contributed by atoms with Gasteiger partial charge in [0, 0.05) is 4.47 Å². The van der Waals surface area contributed by atoms with E-state index in [1.54, 1.807) is 0 Å². The molecule has 0 radical (unpaired) electrons. The van der Waals surface area contributed by atoms with Gasteiger partial charge in [-0.25, -0.2) is 0 Å². The molecule has 0 aliphatic carbocycles. The SMILES string of the molecule is Cc1cc(Br)ccc1C(O)C(C)(C)C. The molecule has 1 N–H and O–H groups in total. The van der Waals surface area contributed by atoms with E-state index in [1.165, 1.54) is 0 Å². The van der Waals surface area contributed by atoms with E-state index in [9.17, 15) is 5.11 Å². The number of aliphatic hydroxyl groups is 1. The van der Waals surface area contributed by atoms with E-state index in [1.807, 2.05) is 45.9 Å². The predicted molar refractivity (Wildman–Crippen MR) is 63.3 cm³/mol. The van der Waals surface area contributed by atoms with E-state index in [4.69, 9.17) is 0 Å². The van der Waals surface area contributed by atoms with Crippen LogP contribution in [0, 0.1) is 12.3 Å². The van der Waals surface area contributed by atoms with Crippen molar-refractivity contribution >= 4 is 15.9 Å². The van der Waals surface area contributed by atoms with Crippen LogP contribution in [0.1, 0.15) is 38.0 Å². The Morgan fingerprint density at radius 3 is 2.29 bits per heavy atom. The molecule has 0 fully saturated rings. The van der Waals surface area contributed by atoms with Crippen LogP contribution < -0.4 is 0 Å². The molecule has 1 atom stereocenters. The molecule has 0 aliphatic heterocycles. The molecule has 0 heterocycles. The van der Waals surface area contributed by atoms with Crippen LogP contribution in [0.4, 0.5) is 0 Å². The normalized spacial score (nSPS) is 14.1. The molecule has 78 valence electrons. The second kappa shape index (κ2) is 4.03. The molecule has 2 heteroatoms. The highest BCUT2D eigenvalue weighted by molar-refractivity contribution is 9.10. The zero-order chi connectivity index (χ0) is 10.9. The van der Waals surface area contributed by atoms with E-state index in [-0.39, 0.29) is 5.41 Å². The van der Waals surface area contributed by atoms with Crippen molar-refractivity contribution in [3.8, 4) is 0 Å². The van der Waals surface area contributed by atoms with Crippen molar-refractivity contribution < 1.29 is 5.11 Å². The quantitative estimate of drug-likeness (QED) is 0.810. The Bertz CT molecular complexity index is 326. The fraction of sp³-hybridized carbons (Fsp3) is 0.500. The highest BCUT2D eigenvalue weighted by atomic mass is 79.9. The van der Waals surface area contributed by atoms with Crippen LogP contribution in [0.2, 0.25) is 0 Å². The van der Waals surface area contributed by atoms with Crippen molar-refractivity contribution in [2.24, 2.45) is 5.41 Å². The number of aryl methyl sites for hydroxylation is 1. The summed E-state index contributed by atoms with van der Waals surface area (Å²) in [6, 6.07) is 5.98. The van der Waals surface area contributed by atoms with Crippen molar-refractivity contribution in [2.75, 3.05) is 0 Å². The molecule has 0 saturated carbocycles. The van der Waals surface area contributed by atoms with Crippen molar-refractivity contribution in [3.63, 3.8) is 0 Å². The van der Waals surface area contributed by atoms with Crippen LogP contribution >= 0.6 is 15.9 Å². The summed E-state index contributed by atoms with van der Waals surface area (Å²) >= 11 is 3.41. The Hall–Kier alpha value is -0.340. The van der Waals surface area contributed by atoms with Crippen molar-refractivity contribution in [1.29, 1.82) is 0 Å². The van der Waals surface area contributed by atoms with E-state index in [0.717, 1.165) is 15.6 Å². The van der Waals surface area contributed by atoms with Crippen molar-refractivity contribution in [1.82, 2.24) is 0 Å². The first-order valence-corrected chi connectivity index (χ1v) is 5.56. The zero-order valence-corrected chi connectivity index (χ0v) is 10.7. The largest absolute Gasteiger partial charge is 0.388 e. The summed E-state index contributed by atoms with van der Waals surface area (Å²) < 4.78 is 1.06. The molecule has 1 rings (SSSR count). The van der Waals surface area contributed by atoms with E-state index >= 15 is 0 Å². The van der Waals surface area contributed by atoms with Gasteiger partial charge < -0.3 is 5.11 Å². The van der Waals surface area contributed by atoms with Gasteiger partial charge in [-0.1, -0.05) is 42.8 Å². The standard InChI is InChI=1S/C12H17BrO/c1-8-7-9(13)5-6-10(8)11(14)12(2,3)4/h5-7,11,14H,1-4H3. The van der Waals surface area contributed by atoms with Gasteiger partial charge in [0.25, 0.3) is 0 Å². The van der Waals surface area contributed by atoms with Crippen LogP contribution in [0.25, 0.3) is 0 Å². The van der Waals surface area contributed by atoms with Crippen molar-refractivity contribution in [3.05, 3.63) is 33.8 Å². The zero-order valence-electron chi connectivity index (χ0n) is 9.13. The maximum Gasteiger partial charge on any atom is 0.0840 e. The molecular formula is C12H17BrO. The molecule has 1 unspecified atom stereocenters. The summed E-state index contributed by atoms with van der Waals surface area (Å²) in [5.74, 6) is 0. The summed E-state index contributed by atoms with van der Waals surface area (Å²) in [5, 5.41) is 10.1. The first-order chi connectivity index (χ1) is 6.32. The van der Waals surface area contributed by atoms with Gasteiger partial charge in [0.1, 0.15) is 0 Å². The van der Waals surface area contributed by atoms with Gasteiger partial charge in [-0.2, -0.15) is 0 Å². The number of hydrogen-bond donors (Lipinski definition) is 1. The first kappa shape index (κ1) is 11.7. The van der Waals surface area contributed by atoms with Crippen LogP contribution in [0.3, 0.4) is 0 Å². The maximum absolute atomic E-state index is 10.1. The third-order valence-electron chi connectivity index (χ3n) is 2.35. The monoisotopic (exact) mass is 256 g/mol. The lowest BCUT2D eigenvalue weighted by molar-refractivity contribution is 0.0621. The van der Waals surface area contributed by atoms with Gasteiger partial charge >= 0.3 is 0 Å². The highest BCUT2D eigenvalue weighted by Gasteiger charge is 2.24. The van der Waals surface area contributed by atoms with E-state index < -0.39 is 6.10 Å². The lowest BCUT2D eigenvalue weighted by atomic mass is 9.83. The minimum absolute atomic E-state index is 0.113. The Labute approximate surface area is 94.3 Å². The molecule has 1 aromatic carbocycles. The van der Waals surface area contributed by atoms with Gasteiger partial charge in [0.05, 0.1) is 6.10 Å². The Morgan fingerprint density at radius 1 is 1.29 bits per heavy atom. The van der Waals surface area contributed by atoms with Gasteiger partial charge in [-0.15, -0.1) is 0 Å². The fourth-order valence-electron chi connectivity index (χ4n) is 1.41. The second-order valence-electron chi connectivity index (χ2n) is 4.77. The molecule has 0 aliphatic rings. The second-order valence-corrected chi connectivity index (χ2v) is 5.69. The van der Waals surface area contributed by atoms with Gasteiger partial charge in [0.15, 0.2) is 0 Å². The summed E-state index contributed by atoms with van der Waals surface area (Å²) in [6.45, 7) is 8.15. The highest BCUT2D eigenvalue weighted by Crippen LogP contribution is 2.34. The van der Waals surface area contributed by atoms with Crippen LogP contribution in [-0.4, -0.2) is 5.11 Å². The average Bonchev–Trinajstić information content (AvgIpc) is 2.01. The third kappa shape index (κ3) is 2.58. The number of hydrogen-bond acceptors (Lipinski definition) is 1. The van der Waals surface area contributed by atoms with Crippen molar-refractivity contribution in [2.45, 2.75) is 33.8 Å². The Balaban J connectivity index is 3.08. The summed E-state index contributed by atoms with van der Waals surface area (Å²) in [4.78, 5) is 0. The predicted octanol–water partition coefficient (Wildman–Crippen LogP) is 3.84. The molecule has 14 heavy (non-hydrogen) atoms. The molecular weight excluding hydrogens is 240 g/mol. The molecule has 0 aromatic heterocycles. The molecule has 0 bridgehead atoms. The fourth-order valence-corrected chi connectivity index (χ4v) is 1.89. The molecule has 0 amide bonds. The van der Waals surface area contributed by atoms with Crippen LogP contribution in [0.5, 0.6) is 0 Å². The molecule has 1 nitrogen and oxygen atoms in total. The van der Waals surface area contributed by atoms with Gasteiger partial charge in [0.2, 0.25) is 0 Å². The first-order valence-electron chi connectivity index (χ1n) is 4.76. The lowest BCUT2D eigenvalue weighted by Gasteiger charge is -2.27. The van der Waals surface area contributed by atoms with E-state index in [0.29, 0.717) is 0 Å². The van der Waals surface area contributed by atoms with Gasteiger partial charge in [-0.05, 0) is 35.6 Å². The maximum atomic E-state index is 10.1. The topological polar surface area (TPSA) is 20.2 Å². The summed E-state index contributed by atoms with van der Waals surface area (Å²) in [7, 11) is 0. The number of rotatable bonds is 1. The van der Waals surface area contributed by atoms with Gasteiger partial charge in [-0.3, -0.25) is 0 Å². The molecule has 1 aromatic rings. The third-order valence-corrected chi connectivity index (χ3v) is 2.84. The molecule has 0 saturated heterocycles. The smallest absolute Gasteiger partial charge is 0.0840 e. The number of aliphatic hydroxyl groups excluding tert-OH is 1. The lowest BCUT2D eigenvalue weighted by Crippen LogP contribution is -2.18. The number of halogens is 1. The van der Waals surface area contributed by atoms with E-state index in [2.05, 4.69) is 15.9 Å². The van der Waals surface area contributed by atoms with Crippen LogP contribution in [-0.2, 0) is 0 Å². The Kier molecular flexibility index (Phi) is 3.38. The molecule has 0 spiro atoms. The minimum Gasteiger partial charge on any atom is -0.388 e. The number of benzene rings is 1. The minimum atomic E-state index is -0.407. The summed E-state index contributed by atoms with van der Waals surface area (Å²) in [6.07, 6.45) is -0.407.